The SMILES string of the molecule is C=CCO[C@@H]1O[C@@H]2COC(c3ccccc3)O[C@H]2[C@H](OCc2ccccc2)[C@H]1OC(=O)Cc1ccccc1[N+](=O)[O-]. The third-order valence-corrected chi connectivity index (χ3v) is 6.81. The Morgan fingerprint density at radius 1 is 0.951 bits per heavy atom. The lowest BCUT2D eigenvalue weighted by Gasteiger charge is -2.48. The normalized spacial score (nSPS) is 25.6. The summed E-state index contributed by atoms with van der Waals surface area (Å²) in [7, 11) is 0. The first-order chi connectivity index (χ1) is 20.0. The van der Waals surface area contributed by atoms with Gasteiger partial charge in [0.15, 0.2) is 18.7 Å². The average Bonchev–Trinajstić information content (AvgIpc) is 3.00. The van der Waals surface area contributed by atoms with Crippen molar-refractivity contribution < 1.29 is 38.1 Å². The summed E-state index contributed by atoms with van der Waals surface area (Å²) >= 11 is 0. The number of hydrogen-bond donors (Lipinski definition) is 0. The third kappa shape index (κ3) is 7.05. The maximum absolute atomic E-state index is 13.2. The van der Waals surface area contributed by atoms with Gasteiger partial charge in [-0.25, -0.2) is 0 Å². The first-order valence-corrected chi connectivity index (χ1v) is 13.3. The van der Waals surface area contributed by atoms with Crippen LogP contribution in [0.5, 0.6) is 0 Å². The zero-order valence-electron chi connectivity index (χ0n) is 22.3. The lowest BCUT2D eigenvalue weighted by atomic mass is 9.97. The zero-order chi connectivity index (χ0) is 28.6. The van der Waals surface area contributed by atoms with E-state index < -0.39 is 47.9 Å². The summed E-state index contributed by atoms with van der Waals surface area (Å²) in [6.45, 7) is 4.23. The molecule has 10 nitrogen and oxygen atoms in total. The lowest BCUT2D eigenvalue weighted by Crippen LogP contribution is -2.64. The monoisotopic (exact) mass is 561 g/mol. The molecular weight excluding hydrogens is 530 g/mol. The molecule has 0 amide bonds. The predicted octanol–water partition coefficient (Wildman–Crippen LogP) is 4.68. The van der Waals surface area contributed by atoms with Crippen LogP contribution in [0.1, 0.15) is 23.0 Å². The second kappa shape index (κ2) is 13.6. The molecule has 3 aromatic carbocycles. The van der Waals surface area contributed by atoms with Crippen LogP contribution in [0.2, 0.25) is 0 Å². The minimum atomic E-state index is -1.05. The molecule has 0 N–H and O–H groups in total. The average molecular weight is 562 g/mol. The summed E-state index contributed by atoms with van der Waals surface area (Å²) in [6, 6.07) is 25.1. The highest BCUT2D eigenvalue weighted by Gasteiger charge is 2.53. The van der Waals surface area contributed by atoms with Gasteiger partial charge in [-0.3, -0.25) is 14.9 Å². The Bertz CT molecular complexity index is 1320. The first kappa shape index (κ1) is 28.6. The van der Waals surface area contributed by atoms with E-state index in [0.717, 1.165) is 11.1 Å². The summed E-state index contributed by atoms with van der Waals surface area (Å²) in [5, 5.41) is 11.5. The fraction of sp³-hybridized carbons (Fsp3) is 0.323. The molecule has 41 heavy (non-hydrogen) atoms. The Hall–Kier alpha value is -3.93. The number of para-hydroxylation sites is 1. The van der Waals surface area contributed by atoms with Crippen LogP contribution in [0, 0.1) is 10.1 Å². The van der Waals surface area contributed by atoms with Gasteiger partial charge in [0, 0.05) is 17.2 Å². The Morgan fingerprint density at radius 3 is 2.39 bits per heavy atom. The summed E-state index contributed by atoms with van der Waals surface area (Å²) in [5.74, 6) is -0.696. The molecule has 1 unspecified atom stereocenters. The van der Waals surface area contributed by atoms with Crippen LogP contribution in [0.15, 0.2) is 97.6 Å². The number of carbonyl (C=O) groups is 1. The number of esters is 1. The molecule has 3 aromatic rings. The molecular formula is C31H31NO9. The van der Waals surface area contributed by atoms with Crippen molar-refractivity contribution >= 4 is 11.7 Å². The van der Waals surface area contributed by atoms with Gasteiger partial charge in [0.05, 0.1) is 31.2 Å². The topological polar surface area (TPSA) is 116 Å². The fourth-order valence-corrected chi connectivity index (χ4v) is 4.89. The van der Waals surface area contributed by atoms with E-state index in [0.29, 0.717) is 0 Å². The molecule has 6 atom stereocenters. The molecule has 2 saturated heterocycles. The Balaban J connectivity index is 1.42. The smallest absolute Gasteiger partial charge is 0.311 e. The van der Waals surface area contributed by atoms with Crippen molar-refractivity contribution in [1.29, 1.82) is 0 Å². The first-order valence-electron chi connectivity index (χ1n) is 13.3. The van der Waals surface area contributed by atoms with Crippen LogP contribution in [-0.4, -0.2) is 54.8 Å². The van der Waals surface area contributed by atoms with E-state index in [9.17, 15) is 14.9 Å². The van der Waals surface area contributed by atoms with Crippen LogP contribution < -0.4 is 0 Å². The number of nitro groups is 1. The van der Waals surface area contributed by atoms with E-state index in [4.69, 9.17) is 28.4 Å². The zero-order valence-corrected chi connectivity index (χ0v) is 22.3. The van der Waals surface area contributed by atoms with Gasteiger partial charge in [-0.2, -0.15) is 0 Å². The van der Waals surface area contributed by atoms with E-state index >= 15 is 0 Å². The highest BCUT2D eigenvalue weighted by atomic mass is 16.8. The van der Waals surface area contributed by atoms with Crippen LogP contribution in [0.3, 0.4) is 0 Å². The molecule has 0 saturated carbocycles. The van der Waals surface area contributed by atoms with Crippen molar-refractivity contribution in [2.75, 3.05) is 13.2 Å². The van der Waals surface area contributed by atoms with Crippen molar-refractivity contribution in [3.05, 3.63) is 124 Å². The largest absolute Gasteiger partial charge is 0.454 e. The standard InChI is InChI=1S/C31H31NO9/c1-2-17-36-31-29(40-26(33)18-23-15-9-10-16-24(23)32(34)35)28(37-19-21-11-5-3-6-12-21)27-25(39-31)20-38-30(41-27)22-13-7-4-8-14-22/h2-16,25,27-31H,1,17-20H2/t25-,27-,28+,29-,30?,31-/m1/s1. The molecule has 0 radical (unpaired) electrons. The number of hydrogen-bond acceptors (Lipinski definition) is 9. The second-order valence-corrected chi connectivity index (χ2v) is 9.62. The quantitative estimate of drug-likeness (QED) is 0.142. The summed E-state index contributed by atoms with van der Waals surface area (Å²) < 4.78 is 36.8. The lowest BCUT2D eigenvalue weighted by molar-refractivity contribution is -0.385. The molecule has 2 fully saturated rings. The molecule has 0 aromatic heterocycles. The van der Waals surface area contributed by atoms with Crippen molar-refractivity contribution in [2.24, 2.45) is 0 Å². The third-order valence-electron chi connectivity index (χ3n) is 6.81. The number of nitrogens with zero attached hydrogens (tertiary/aromatic N) is 1. The van der Waals surface area contributed by atoms with Crippen molar-refractivity contribution in [2.45, 2.75) is 50.0 Å². The molecule has 2 aliphatic heterocycles. The minimum Gasteiger partial charge on any atom is -0.454 e. The van der Waals surface area contributed by atoms with E-state index in [1.54, 1.807) is 18.2 Å². The number of benzene rings is 3. The summed E-state index contributed by atoms with van der Waals surface area (Å²) in [6.07, 6.45) is -3.58. The maximum Gasteiger partial charge on any atom is 0.311 e. The highest BCUT2D eigenvalue weighted by Crippen LogP contribution is 2.37. The molecule has 0 bridgehead atoms. The highest BCUT2D eigenvalue weighted by molar-refractivity contribution is 5.74. The predicted molar refractivity (Wildman–Crippen MR) is 147 cm³/mol. The molecule has 0 spiro atoms. The number of rotatable bonds is 11. The van der Waals surface area contributed by atoms with Crippen LogP contribution >= 0.6 is 0 Å². The van der Waals surface area contributed by atoms with Gasteiger partial charge in [-0.15, -0.1) is 6.58 Å². The van der Waals surface area contributed by atoms with Gasteiger partial charge in [-0.05, 0) is 5.56 Å². The molecule has 2 aliphatic rings. The van der Waals surface area contributed by atoms with Gasteiger partial charge in [0.1, 0.15) is 18.3 Å². The molecule has 0 aliphatic carbocycles. The van der Waals surface area contributed by atoms with E-state index in [2.05, 4.69) is 6.58 Å². The van der Waals surface area contributed by atoms with Gasteiger partial charge in [-0.1, -0.05) is 84.9 Å². The van der Waals surface area contributed by atoms with Crippen molar-refractivity contribution in [3.8, 4) is 0 Å². The Kier molecular flexibility index (Phi) is 9.50. The minimum absolute atomic E-state index is 0.125. The molecule has 2 heterocycles. The molecule has 10 heteroatoms. The fourth-order valence-electron chi connectivity index (χ4n) is 4.89. The Labute approximate surface area is 237 Å². The number of ether oxygens (including phenoxy) is 6. The second-order valence-electron chi connectivity index (χ2n) is 9.62. The number of carbonyl (C=O) groups excluding carboxylic acids is 1. The summed E-state index contributed by atoms with van der Waals surface area (Å²) in [4.78, 5) is 24.2. The number of fused-ring (bicyclic) bond motifs is 1. The van der Waals surface area contributed by atoms with E-state index in [1.165, 1.54) is 12.1 Å². The molecule has 5 rings (SSSR count). The summed E-state index contributed by atoms with van der Waals surface area (Å²) in [5.41, 5.74) is 1.80. The Morgan fingerprint density at radius 2 is 1.66 bits per heavy atom. The van der Waals surface area contributed by atoms with Crippen molar-refractivity contribution in [3.63, 3.8) is 0 Å². The van der Waals surface area contributed by atoms with E-state index in [1.807, 2.05) is 60.7 Å². The number of nitro benzene ring substituents is 1. The molecule has 214 valence electrons. The van der Waals surface area contributed by atoms with Crippen LogP contribution in [0.25, 0.3) is 0 Å². The van der Waals surface area contributed by atoms with Gasteiger partial charge in [0.2, 0.25) is 0 Å². The van der Waals surface area contributed by atoms with Crippen LogP contribution in [0.4, 0.5) is 5.69 Å². The van der Waals surface area contributed by atoms with E-state index in [-0.39, 0.29) is 37.5 Å². The van der Waals surface area contributed by atoms with Gasteiger partial charge in [0.25, 0.3) is 5.69 Å². The maximum atomic E-state index is 13.2. The van der Waals surface area contributed by atoms with Crippen molar-refractivity contribution in [1.82, 2.24) is 0 Å². The van der Waals surface area contributed by atoms with Crippen LogP contribution in [-0.2, 0) is 46.2 Å². The van der Waals surface area contributed by atoms with Gasteiger partial charge >= 0.3 is 5.97 Å². The van der Waals surface area contributed by atoms with Gasteiger partial charge < -0.3 is 28.4 Å².